The molecule has 0 spiro atoms. The standard InChI is InChI=1S/C21H29N3O2/c1-5-14(25)11-23-20(26)18-10-17(22)15-8-13(12-6-7-12)9-16(19(15)24-18)21(2,3)4/h8-10,12,14,25H,5-7,11H2,1-4H3,(H2,22,24)(H,23,26). The summed E-state index contributed by atoms with van der Waals surface area (Å²) < 4.78 is 0. The Morgan fingerprint density at radius 1 is 1.35 bits per heavy atom. The molecular formula is C21H29N3O2. The summed E-state index contributed by atoms with van der Waals surface area (Å²) in [6, 6.07) is 6.00. The van der Waals surface area contributed by atoms with Crippen LogP contribution in [-0.4, -0.2) is 28.6 Å². The molecule has 1 heterocycles. The Kier molecular flexibility index (Phi) is 4.93. The van der Waals surface area contributed by atoms with Gasteiger partial charge in [0.1, 0.15) is 5.69 Å². The Bertz CT molecular complexity index is 835. The monoisotopic (exact) mass is 355 g/mol. The van der Waals surface area contributed by atoms with E-state index >= 15 is 0 Å². The van der Waals surface area contributed by atoms with Crippen molar-refractivity contribution in [2.75, 3.05) is 12.3 Å². The number of carbonyl (C=O) groups excluding carboxylic acids is 1. The summed E-state index contributed by atoms with van der Waals surface area (Å²) in [6.07, 6.45) is 2.49. The van der Waals surface area contributed by atoms with Crippen LogP contribution in [-0.2, 0) is 5.41 Å². The first-order valence-corrected chi connectivity index (χ1v) is 9.41. The zero-order valence-corrected chi connectivity index (χ0v) is 16.1. The van der Waals surface area contributed by atoms with Crippen molar-refractivity contribution in [3.8, 4) is 0 Å². The van der Waals surface area contributed by atoms with Crippen LogP contribution >= 0.6 is 0 Å². The van der Waals surface area contributed by atoms with Gasteiger partial charge in [-0.15, -0.1) is 0 Å². The molecule has 3 rings (SSSR count). The Morgan fingerprint density at radius 2 is 2.04 bits per heavy atom. The highest BCUT2D eigenvalue weighted by Crippen LogP contribution is 2.43. The lowest BCUT2D eigenvalue weighted by Crippen LogP contribution is -2.32. The lowest BCUT2D eigenvalue weighted by Gasteiger charge is -2.23. The molecule has 26 heavy (non-hydrogen) atoms. The number of anilines is 1. The van der Waals surface area contributed by atoms with E-state index in [0.717, 1.165) is 16.5 Å². The second kappa shape index (κ2) is 6.88. The number of nitrogen functional groups attached to an aromatic ring is 1. The number of fused-ring (bicyclic) bond motifs is 1. The third-order valence-corrected chi connectivity index (χ3v) is 5.03. The van der Waals surface area contributed by atoms with Gasteiger partial charge >= 0.3 is 0 Å². The van der Waals surface area contributed by atoms with Crippen LogP contribution in [0.1, 0.15) is 74.5 Å². The largest absolute Gasteiger partial charge is 0.398 e. The molecule has 1 aromatic heterocycles. The maximum Gasteiger partial charge on any atom is 0.270 e. The third kappa shape index (κ3) is 3.83. The van der Waals surface area contributed by atoms with Gasteiger partial charge in [0.2, 0.25) is 0 Å². The summed E-state index contributed by atoms with van der Waals surface area (Å²) in [6.45, 7) is 8.54. The first-order chi connectivity index (χ1) is 12.2. The summed E-state index contributed by atoms with van der Waals surface area (Å²) in [5.41, 5.74) is 10.3. The fourth-order valence-corrected chi connectivity index (χ4v) is 3.16. The predicted octanol–water partition coefficient (Wildman–Crippen LogP) is 3.49. The van der Waals surface area contributed by atoms with E-state index in [-0.39, 0.29) is 17.9 Å². The number of benzene rings is 1. The lowest BCUT2D eigenvalue weighted by molar-refractivity contribution is 0.0909. The van der Waals surface area contributed by atoms with Crippen molar-refractivity contribution in [3.63, 3.8) is 0 Å². The Labute approximate surface area is 155 Å². The van der Waals surface area contributed by atoms with Crippen LogP contribution in [0.3, 0.4) is 0 Å². The molecule has 1 amide bonds. The number of aromatic nitrogens is 1. The van der Waals surface area contributed by atoms with Crippen molar-refractivity contribution < 1.29 is 9.90 Å². The van der Waals surface area contributed by atoms with Crippen molar-refractivity contribution in [3.05, 3.63) is 35.0 Å². The number of nitrogens with zero attached hydrogens (tertiary/aromatic N) is 1. The van der Waals surface area contributed by atoms with Crippen molar-refractivity contribution in [1.29, 1.82) is 0 Å². The van der Waals surface area contributed by atoms with Gasteiger partial charge in [-0.3, -0.25) is 4.79 Å². The SMILES string of the molecule is CCC(O)CNC(=O)c1cc(N)c2cc(C3CC3)cc(C(C)(C)C)c2n1. The summed E-state index contributed by atoms with van der Waals surface area (Å²) in [4.78, 5) is 17.1. The summed E-state index contributed by atoms with van der Waals surface area (Å²) in [5, 5.41) is 13.3. The minimum absolute atomic E-state index is 0.101. The molecule has 1 aliphatic carbocycles. The quantitative estimate of drug-likeness (QED) is 0.766. The first-order valence-electron chi connectivity index (χ1n) is 9.41. The van der Waals surface area contributed by atoms with Crippen LogP contribution in [0.5, 0.6) is 0 Å². The summed E-state index contributed by atoms with van der Waals surface area (Å²) in [7, 11) is 0. The number of nitrogens with one attached hydrogen (secondary N) is 1. The van der Waals surface area contributed by atoms with E-state index < -0.39 is 6.10 Å². The Balaban J connectivity index is 2.06. The van der Waals surface area contributed by atoms with Gasteiger partial charge in [-0.25, -0.2) is 4.98 Å². The number of nitrogens with two attached hydrogens (primary N) is 1. The number of rotatable bonds is 5. The fourth-order valence-electron chi connectivity index (χ4n) is 3.16. The van der Waals surface area contributed by atoms with Crippen LogP contribution in [0.25, 0.3) is 10.9 Å². The van der Waals surface area contributed by atoms with E-state index in [1.807, 2.05) is 6.92 Å². The second-order valence-corrected chi connectivity index (χ2v) is 8.36. The van der Waals surface area contributed by atoms with Gasteiger partial charge < -0.3 is 16.2 Å². The average Bonchev–Trinajstić information content (AvgIpc) is 3.42. The number of pyridine rings is 1. The molecule has 5 nitrogen and oxygen atoms in total. The van der Waals surface area contributed by atoms with Gasteiger partial charge in [0.25, 0.3) is 5.91 Å². The molecule has 140 valence electrons. The highest BCUT2D eigenvalue weighted by atomic mass is 16.3. The first kappa shape index (κ1) is 18.6. The maximum atomic E-state index is 12.5. The molecule has 0 aliphatic heterocycles. The summed E-state index contributed by atoms with van der Waals surface area (Å²) in [5.74, 6) is 0.315. The van der Waals surface area contributed by atoms with E-state index in [1.165, 1.54) is 18.4 Å². The van der Waals surface area contributed by atoms with Gasteiger partial charge in [0, 0.05) is 17.6 Å². The molecule has 2 aromatic rings. The molecule has 0 saturated heterocycles. The van der Waals surface area contributed by atoms with E-state index in [9.17, 15) is 9.90 Å². The zero-order chi connectivity index (χ0) is 19.1. The second-order valence-electron chi connectivity index (χ2n) is 8.36. The Hall–Kier alpha value is -2.14. The number of amides is 1. The van der Waals surface area contributed by atoms with E-state index in [4.69, 9.17) is 5.73 Å². The van der Waals surface area contributed by atoms with Crippen LogP contribution in [0.2, 0.25) is 0 Å². The molecule has 4 N–H and O–H groups in total. The topological polar surface area (TPSA) is 88.2 Å². The van der Waals surface area contributed by atoms with Crippen molar-refractivity contribution in [2.45, 2.75) is 64.4 Å². The highest BCUT2D eigenvalue weighted by Gasteiger charge is 2.28. The molecule has 0 radical (unpaired) electrons. The van der Waals surface area contributed by atoms with Crippen LogP contribution in [0, 0.1) is 0 Å². The minimum Gasteiger partial charge on any atom is -0.398 e. The molecular weight excluding hydrogens is 326 g/mol. The van der Waals surface area contributed by atoms with Crippen molar-refractivity contribution >= 4 is 22.5 Å². The predicted molar refractivity (Wildman–Crippen MR) is 105 cm³/mol. The normalized spacial score (nSPS) is 15.9. The maximum absolute atomic E-state index is 12.5. The molecule has 1 fully saturated rings. The lowest BCUT2D eigenvalue weighted by atomic mass is 9.83. The Morgan fingerprint density at radius 3 is 2.62 bits per heavy atom. The number of aliphatic hydroxyl groups is 1. The van der Waals surface area contributed by atoms with Gasteiger partial charge in [0.15, 0.2) is 0 Å². The van der Waals surface area contributed by atoms with Crippen LogP contribution < -0.4 is 11.1 Å². The van der Waals surface area contributed by atoms with E-state index in [1.54, 1.807) is 6.07 Å². The molecule has 1 aliphatic rings. The van der Waals surface area contributed by atoms with Gasteiger partial charge in [0.05, 0.1) is 11.6 Å². The number of aliphatic hydroxyl groups excluding tert-OH is 1. The smallest absolute Gasteiger partial charge is 0.270 e. The number of hydrogen-bond acceptors (Lipinski definition) is 4. The van der Waals surface area contributed by atoms with Crippen molar-refractivity contribution in [2.24, 2.45) is 0 Å². The van der Waals surface area contributed by atoms with E-state index in [0.29, 0.717) is 23.7 Å². The van der Waals surface area contributed by atoms with Crippen LogP contribution in [0.15, 0.2) is 18.2 Å². The van der Waals surface area contributed by atoms with Gasteiger partial charge in [-0.05, 0) is 53.9 Å². The zero-order valence-electron chi connectivity index (χ0n) is 16.1. The van der Waals surface area contributed by atoms with Crippen LogP contribution in [0.4, 0.5) is 5.69 Å². The van der Waals surface area contributed by atoms with Gasteiger partial charge in [-0.1, -0.05) is 33.8 Å². The molecule has 1 atom stereocenters. The highest BCUT2D eigenvalue weighted by molar-refractivity contribution is 6.00. The molecule has 1 aromatic carbocycles. The molecule has 5 heteroatoms. The van der Waals surface area contributed by atoms with Gasteiger partial charge in [-0.2, -0.15) is 0 Å². The fraction of sp³-hybridized carbons (Fsp3) is 0.524. The summed E-state index contributed by atoms with van der Waals surface area (Å²) >= 11 is 0. The molecule has 1 unspecified atom stereocenters. The number of hydrogen-bond donors (Lipinski definition) is 3. The van der Waals surface area contributed by atoms with Crippen molar-refractivity contribution in [1.82, 2.24) is 10.3 Å². The molecule has 0 bridgehead atoms. The van der Waals surface area contributed by atoms with E-state index in [2.05, 4.69) is 43.2 Å². The third-order valence-electron chi connectivity index (χ3n) is 5.03. The minimum atomic E-state index is -0.553. The molecule has 1 saturated carbocycles. The number of carbonyl (C=O) groups is 1. The average molecular weight is 355 g/mol.